The highest BCUT2D eigenvalue weighted by Gasteiger charge is 2.23. The van der Waals surface area contributed by atoms with Gasteiger partial charge in [0.1, 0.15) is 0 Å². The van der Waals surface area contributed by atoms with Crippen LogP contribution in [0.3, 0.4) is 0 Å². The van der Waals surface area contributed by atoms with Gasteiger partial charge in [-0.25, -0.2) is 29.9 Å². The van der Waals surface area contributed by atoms with Crippen molar-refractivity contribution >= 4 is 43.6 Å². The van der Waals surface area contributed by atoms with Crippen LogP contribution in [0.4, 0.5) is 0 Å². The van der Waals surface area contributed by atoms with Gasteiger partial charge in [0.05, 0.1) is 22.1 Å². The predicted octanol–water partition coefficient (Wildman–Crippen LogP) is 17.6. The summed E-state index contributed by atoms with van der Waals surface area (Å²) in [5.41, 5.74) is 16.5. The topological polar surface area (TPSA) is 87.2 Å². The minimum absolute atomic E-state index is 0.607. The number of hydrogen-bond acceptors (Lipinski definition) is 6. The van der Waals surface area contributed by atoms with Crippen LogP contribution < -0.4 is 0 Å². The fourth-order valence-corrected chi connectivity index (χ4v) is 11.4. The molecule has 0 fully saturated rings. The smallest absolute Gasteiger partial charge is 0.164 e. The Balaban J connectivity index is 0.868. The molecule has 0 saturated heterocycles. The molecular formula is C72H46N8. The van der Waals surface area contributed by atoms with Gasteiger partial charge >= 0.3 is 0 Å². The van der Waals surface area contributed by atoms with Crippen molar-refractivity contribution in [3.8, 4) is 102 Å². The van der Waals surface area contributed by atoms with Crippen molar-refractivity contribution in [2.45, 2.75) is 0 Å². The Kier molecular flexibility index (Phi) is 11.3. The van der Waals surface area contributed by atoms with Crippen LogP contribution in [0, 0.1) is 0 Å². The van der Waals surface area contributed by atoms with Crippen LogP contribution in [0.2, 0.25) is 0 Å². The second kappa shape index (κ2) is 19.6. The third kappa shape index (κ3) is 8.10. The number of hydrogen-bond donors (Lipinski definition) is 0. The van der Waals surface area contributed by atoms with E-state index in [9.17, 15) is 0 Å². The van der Waals surface area contributed by atoms with Crippen LogP contribution in [-0.2, 0) is 0 Å². The highest BCUT2D eigenvalue weighted by atomic mass is 15.1. The molecule has 0 aliphatic heterocycles. The van der Waals surface area contributed by atoms with E-state index < -0.39 is 0 Å². The molecule has 0 amide bonds. The standard InChI is InChI=1S/C72H46N8/c1-5-23-47(24-6-1)67-73-68(48-25-7-2-8-26-48)76-71(75-67)51-31-19-33-53(45-51)79-61-41-17-15-37-59(61)65-57(39-21-43-63(65)79)55-35-13-14-36-56(55)58-40-22-44-64-66(58)60-38-16-18-42-62(60)80(64)54-34-20-32-52(46-54)72-77-69(49-27-9-3-10-28-49)74-70(78-72)50-29-11-4-12-30-50/h1-46H. The van der Waals surface area contributed by atoms with E-state index in [1.807, 2.05) is 121 Å². The van der Waals surface area contributed by atoms with Gasteiger partial charge in [0, 0.05) is 66.3 Å². The monoisotopic (exact) mass is 1020 g/mol. The molecule has 0 aliphatic rings. The first-order valence-corrected chi connectivity index (χ1v) is 26.8. The molecule has 0 saturated carbocycles. The number of para-hydroxylation sites is 2. The van der Waals surface area contributed by atoms with E-state index >= 15 is 0 Å². The molecule has 0 aliphatic carbocycles. The summed E-state index contributed by atoms with van der Waals surface area (Å²) in [4.78, 5) is 30.3. The van der Waals surface area contributed by atoms with E-state index in [-0.39, 0.29) is 0 Å². The van der Waals surface area contributed by atoms with E-state index in [4.69, 9.17) is 29.9 Å². The van der Waals surface area contributed by atoms with E-state index in [2.05, 4.69) is 167 Å². The van der Waals surface area contributed by atoms with E-state index in [1.54, 1.807) is 0 Å². The van der Waals surface area contributed by atoms with Gasteiger partial charge in [-0.1, -0.05) is 231 Å². The quantitative estimate of drug-likeness (QED) is 0.136. The average Bonchev–Trinajstić information content (AvgIpc) is 4.29. The number of rotatable bonds is 10. The van der Waals surface area contributed by atoms with Gasteiger partial charge in [0.2, 0.25) is 0 Å². The Bertz CT molecular complexity index is 4400. The second-order valence-corrected chi connectivity index (χ2v) is 19.8. The van der Waals surface area contributed by atoms with Gasteiger partial charge in [-0.2, -0.15) is 0 Å². The fourth-order valence-electron chi connectivity index (χ4n) is 11.4. The zero-order valence-corrected chi connectivity index (χ0v) is 43.1. The van der Waals surface area contributed by atoms with Crippen LogP contribution in [0.25, 0.3) is 146 Å². The molecule has 15 aromatic rings. The van der Waals surface area contributed by atoms with Crippen LogP contribution in [-0.4, -0.2) is 39.0 Å². The SMILES string of the molecule is c1ccc(-c2nc(-c3ccccc3)nc(-c3cccc(-n4c5ccccc5c5c(-c6ccccc6-c6cccc7c6c6ccccc6n7-c6cccc(-c7nc(-c8ccccc8)nc(-c8ccccc8)n7)c6)cccc54)c3)n2)cc1. The Morgan fingerprint density at radius 1 is 0.200 bits per heavy atom. The van der Waals surface area contributed by atoms with Gasteiger partial charge < -0.3 is 9.13 Å². The highest BCUT2D eigenvalue weighted by Crippen LogP contribution is 2.46. The molecule has 0 spiro atoms. The van der Waals surface area contributed by atoms with Crippen LogP contribution in [0.1, 0.15) is 0 Å². The summed E-state index contributed by atoms with van der Waals surface area (Å²) in [6, 6.07) is 97.3. The summed E-state index contributed by atoms with van der Waals surface area (Å²) < 4.78 is 4.75. The van der Waals surface area contributed by atoms with Crippen LogP contribution in [0.15, 0.2) is 279 Å². The predicted molar refractivity (Wildman–Crippen MR) is 325 cm³/mol. The van der Waals surface area contributed by atoms with E-state index in [0.29, 0.717) is 34.9 Å². The molecule has 374 valence electrons. The van der Waals surface area contributed by atoms with Crippen molar-refractivity contribution in [2.75, 3.05) is 0 Å². The number of fused-ring (bicyclic) bond motifs is 6. The van der Waals surface area contributed by atoms with Crippen LogP contribution in [0.5, 0.6) is 0 Å². The lowest BCUT2D eigenvalue weighted by molar-refractivity contribution is 1.07. The van der Waals surface area contributed by atoms with Crippen molar-refractivity contribution in [3.05, 3.63) is 279 Å². The zero-order chi connectivity index (χ0) is 52.9. The third-order valence-electron chi connectivity index (χ3n) is 15.0. The molecule has 15 rings (SSSR count). The fraction of sp³-hybridized carbons (Fsp3) is 0. The summed E-state index contributed by atoms with van der Waals surface area (Å²) in [5, 5.41) is 4.68. The maximum Gasteiger partial charge on any atom is 0.164 e. The number of aromatic nitrogens is 8. The summed E-state index contributed by atoms with van der Waals surface area (Å²) in [6.07, 6.45) is 0. The molecular weight excluding hydrogens is 977 g/mol. The maximum atomic E-state index is 5.10. The molecule has 0 atom stereocenters. The molecule has 0 N–H and O–H groups in total. The zero-order valence-electron chi connectivity index (χ0n) is 43.1. The Hall–Kier alpha value is -11.0. The molecule has 4 heterocycles. The van der Waals surface area contributed by atoms with Crippen molar-refractivity contribution in [1.29, 1.82) is 0 Å². The van der Waals surface area contributed by atoms with Crippen LogP contribution >= 0.6 is 0 Å². The van der Waals surface area contributed by atoms with E-state index in [1.165, 1.54) is 10.8 Å². The third-order valence-corrected chi connectivity index (χ3v) is 15.0. The Morgan fingerprint density at radius 3 is 0.825 bits per heavy atom. The highest BCUT2D eigenvalue weighted by molar-refractivity contribution is 6.20. The summed E-state index contributed by atoms with van der Waals surface area (Å²) in [6.45, 7) is 0. The summed E-state index contributed by atoms with van der Waals surface area (Å²) in [7, 11) is 0. The molecule has 80 heavy (non-hydrogen) atoms. The minimum atomic E-state index is 0.607. The largest absolute Gasteiger partial charge is 0.309 e. The van der Waals surface area contributed by atoms with Gasteiger partial charge in [-0.05, 0) is 70.8 Å². The molecule has 8 heteroatoms. The Morgan fingerprint density at radius 2 is 0.463 bits per heavy atom. The lowest BCUT2D eigenvalue weighted by Gasteiger charge is -2.14. The average molecular weight is 1020 g/mol. The normalized spacial score (nSPS) is 11.5. The molecule has 8 nitrogen and oxygen atoms in total. The minimum Gasteiger partial charge on any atom is -0.309 e. The van der Waals surface area contributed by atoms with Gasteiger partial charge in [-0.3, -0.25) is 0 Å². The maximum absolute atomic E-state index is 5.10. The van der Waals surface area contributed by atoms with Crippen molar-refractivity contribution in [3.63, 3.8) is 0 Å². The molecule has 0 bridgehead atoms. The van der Waals surface area contributed by atoms with Gasteiger partial charge in [-0.15, -0.1) is 0 Å². The first-order chi connectivity index (χ1) is 39.7. The summed E-state index contributed by atoms with van der Waals surface area (Å²) in [5.74, 6) is 3.72. The molecule has 0 unspecified atom stereocenters. The van der Waals surface area contributed by atoms with Gasteiger partial charge in [0.25, 0.3) is 0 Å². The van der Waals surface area contributed by atoms with Crippen molar-refractivity contribution in [2.24, 2.45) is 0 Å². The Labute approximate surface area is 461 Å². The molecule has 11 aromatic carbocycles. The first-order valence-electron chi connectivity index (χ1n) is 26.8. The second-order valence-electron chi connectivity index (χ2n) is 19.8. The van der Waals surface area contributed by atoms with E-state index in [0.717, 1.165) is 99.8 Å². The van der Waals surface area contributed by atoms with Gasteiger partial charge in [0.15, 0.2) is 34.9 Å². The van der Waals surface area contributed by atoms with Crippen molar-refractivity contribution in [1.82, 2.24) is 39.0 Å². The summed E-state index contributed by atoms with van der Waals surface area (Å²) >= 11 is 0. The number of nitrogens with zero attached hydrogens (tertiary/aromatic N) is 8. The lowest BCUT2D eigenvalue weighted by atomic mass is 9.90. The first kappa shape index (κ1) is 46.4. The number of benzene rings is 11. The van der Waals surface area contributed by atoms with Crippen molar-refractivity contribution < 1.29 is 0 Å². The molecule has 4 aromatic heterocycles. The molecule has 0 radical (unpaired) electrons. The lowest BCUT2D eigenvalue weighted by Crippen LogP contribution is -2.01.